The van der Waals surface area contributed by atoms with Gasteiger partial charge in [-0.1, -0.05) is 6.07 Å². The van der Waals surface area contributed by atoms with Gasteiger partial charge in [-0.2, -0.15) is 0 Å². The number of imidazole rings is 1. The highest BCUT2D eigenvalue weighted by atomic mass is 32.2. The topological polar surface area (TPSA) is 106 Å². The van der Waals surface area contributed by atoms with E-state index in [9.17, 15) is 14.4 Å². The highest BCUT2D eigenvalue weighted by molar-refractivity contribution is 7.99. The summed E-state index contributed by atoms with van der Waals surface area (Å²) in [5.41, 5.74) is 0.868. The molecule has 1 aromatic carbocycles. The molecule has 162 valence electrons. The number of thioether (sulfide) groups is 1. The van der Waals surface area contributed by atoms with Crippen molar-refractivity contribution in [3.05, 3.63) is 24.0 Å². The second-order valence-corrected chi connectivity index (χ2v) is 8.09. The number of aromatic nitrogens is 2. The minimum Gasteiger partial charge on any atom is -0.473 e. The van der Waals surface area contributed by atoms with Gasteiger partial charge in [-0.15, -0.1) is 11.8 Å². The maximum atomic E-state index is 11.8. The first-order chi connectivity index (χ1) is 14.2. The van der Waals surface area contributed by atoms with Gasteiger partial charge >= 0.3 is 17.9 Å². The zero-order chi connectivity index (χ0) is 22.0. The zero-order valence-electron chi connectivity index (χ0n) is 17.4. The molecule has 1 aliphatic heterocycles. The number of hydrogen-bond acceptors (Lipinski definition) is 9. The summed E-state index contributed by atoms with van der Waals surface area (Å²) < 4.78 is 24.3. The Hall–Kier alpha value is -2.75. The molecule has 3 rings (SSSR count). The van der Waals surface area contributed by atoms with Crippen LogP contribution in [-0.2, 0) is 35.6 Å². The number of carbonyl (C=O) groups excluding carboxylic acids is 3. The van der Waals surface area contributed by atoms with Crippen LogP contribution in [0.15, 0.2) is 18.2 Å². The SMILES string of the molecule is CC(=O)O[C@@H]1[C@@H](OC(C)=O)[C@H](OC(C)=O)CS[C@H]1Oc1cccc2c1nc(C)n2C. The fourth-order valence-corrected chi connectivity index (χ4v) is 4.54. The summed E-state index contributed by atoms with van der Waals surface area (Å²) in [7, 11) is 1.91. The van der Waals surface area contributed by atoms with Gasteiger partial charge in [0.05, 0.1) is 5.52 Å². The van der Waals surface area contributed by atoms with Gasteiger partial charge in [0.15, 0.2) is 23.7 Å². The molecule has 9 nitrogen and oxygen atoms in total. The molecule has 4 atom stereocenters. The van der Waals surface area contributed by atoms with Gasteiger partial charge in [0, 0.05) is 33.6 Å². The van der Waals surface area contributed by atoms with Crippen LogP contribution in [0.4, 0.5) is 0 Å². The largest absolute Gasteiger partial charge is 0.473 e. The number of aryl methyl sites for hydroxylation is 2. The number of rotatable bonds is 5. The second kappa shape index (κ2) is 8.95. The van der Waals surface area contributed by atoms with Crippen molar-refractivity contribution in [2.24, 2.45) is 7.05 Å². The molecule has 0 saturated carbocycles. The fourth-order valence-electron chi connectivity index (χ4n) is 3.34. The van der Waals surface area contributed by atoms with E-state index in [2.05, 4.69) is 4.98 Å². The van der Waals surface area contributed by atoms with Gasteiger partial charge in [-0.3, -0.25) is 14.4 Å². The molecule has 30 heavy (non-hydrogen) atoms. The summed E-state index contributed by atoms with van der Waals surface area (Å²) in [5, 5.41) is 0. The molecule has 0 bridgehead atoms. The molecule has 0 aliphatic carbocycles. The number of benzene rings is 1. The number of carbonyl (C=O) groups is 3. The molecule has 0 amide bonds. The van der Waals surface area contributed by atoms with E-state index in [4.69, 9.17) is 18.9 Å². The van der Waals surface area contributed by atoms with Crippen LogP contribution in [0.2, 0.25) is 0 Å². The second-order valence-electron chi connectivity index (χ2n) is 6.96. The van der Waals surface area contributed by atoms with Crippen molar-refractivity contribution >= 4 is 40.7 Å². The Balaban J connectivity index is 1.94. The normalized spacial score (nSPS) is 23.6. The van der Waals surface area contributed by atoms with Crippen LogP contribution < -0.4 is 4.74 Å². The molecular formula is C20H24N2O7S. The van der Waals surface area contributed by atoms with E-state index in [1.807, 2.05) is 30.7 Å². The van der Waals surface area contributed by atoms with E-state index in [1.165, 1.54) is 32.5 Å². The summed E-state index contributed by atoms with van der Waals surface area (Å²) in [5.74, 6) is -0.0338. The Morgan fingerprint density at radius 1 is 1.03 bits per heavy atom. The van der Waals surface area contributed by atoms with Gasteiger partial charge in [0.1, 0.15) is 17.1 Å². The summed E-state index contributed by atoms with van der Waals surface area (Å²) >= 11 is 1.31. The third kappa shape index (κ3) is 4.69. The summed E-state index contributed by atoms with van der Waals surface area (Å²) in [4.78, 5) is 39.5. The van der Waals surface area contributed by atoms with Gasteiger partial charge in [0.25, 0.3) is 0 Å². The number of fused-ring (bicyclic) bond motifs is 1. The number of ether oxygens (including phenoxy) is 4. The monoisotopic (exact) mass is 436 g/mol. The van der Waals surface area contributed by atoms with Crippen LogP contribution >= 0.6 is 11.8 Å². The highest BCUT2D eigenvalue weighted by Crippen LogP contribution is 2.36. The van der Waals surface area contributed by atoms with E-state index < -0.39 is 41.7 Å². The molecule has 0 radical (unpaired) electrons. The summed E-state index contributed by atoms with van der Waals surface area (Å²) in [6.45, 7) is 5.65. The molecule has 2 aromatic rings. The van der Waals surface area contributed by atoms with Gasteiger partial charge in [-0.05, 0) is 19.1 Å². The average Bonchev–Trinajstić information content (AvgIpc) is 2.94. The van der Waals surface area contributed by atoms with Crippen molar-refractivity contribution in [3.8, 4) is 5.75 Å². The Labute approximate surface area is 178 Å². The lowest BCUT2D eigenvalue weighted by Gasteiger charge is -2.39. The van der Waals surface area contributed by atoms with Crippen LogP contribution in [0.5, 0.6) is 5.75 Å². The van der Waals surface area contributed by atoms with Crippen molar-refractivity contribution in [3.63, 3.8) is 0 Å². The summed E-state index contributed by atoms with van der Waals surface area (Å²) in [6, 6.07) is 5.55. The molecule has 1 aliphatic rings. The summed E-state index contributed by atoms with van der Waals surface area (Å²) in [6.07, 6.45) is -2.74. The molecule has 2 heterocycles. The van der Waals surface area contributed by atoms with Crippen LogP contribution in [0, 0.1) is 6.92 Å². The Bertz CT molecular complexity index is 973. The predicted molar refractivity (Wildman–Crippen MR) is 109 cm³/mol. The van der Waals surface area contributed by atoms with E-state index >= 15 is 0 Å². The average molecular weight is 436 g/mol. The molecule has 1 fully saturated rings. The van der Waals surface area contributed by atoms with E-state index in [0.29, 0.717) is 17.0 Å². The Kier molecular flexibility index (Phi) is 6.55. The third-order valence-electron chi connectivity index (χ3n) is 4.65. The van der Waals surface area contributed by atoms with E-state index in [1.54, 1.807) is 6.07 Å². The van der Waals surface area contributed by atoms with Gasteiger partial charge in [-0.25, -0.2) is 4.98 Å². The van der Waals surface area contributed by atoms with E-state index in [-0.39, 0.29) is 0 Å². The molecule has 0 unspecified atom stereocenters. The van der Waals surface area contributed by atoms with Gasteiger partial charge in [0.2, 0.25) is 0 Å². The predicted octanol–water partition coefficient (Wildman–Crippen LogP) is 2.13. The number of nitrogens with zero attached hydrogens (tertiary/aromatic N) is 2. The fraction of sp³-hybridized carbons (Fsp3) is 0.500. The van der Waals surface area contributed by atoms with Crippen LogP contribution in [0.25, 0.3) is 11.0 Å². The smallest absolute Gasteiger partial charge is 0.303 e. The zero-order valence-corrected chi connectivity index (χ0v) is 18.2. The number of para-hydroxylation sites is 1. The van der Waals surface area contributed by atoms with E-state index in [0.717, 1.165) is 11.3 Å². The molecular weight excluding hydrogens is 412 g/mol. The minimum absolute atomic E-state index is 0.303. The van der Waals surface area contributed by atoms with Crippen molar-refractivity contribution < 1.29 is 33.3 Å². The first-order valence-corrected chi connectivity index (χ1v) is 10.4. The molecule has 0 N–H and O–H groups in total. The van der Waals surface area contributed by atoms with Crippen LogP contribution in [0.1, 0.15) is 26.6 Å². The van der Waals surface area contributed by atoms with Crippen molar-refractivity contribution in [2.45, 2.75) is 51.4 Å². The maximum Gasteiger partial charge on any atom is 0.303 e. The highest BCUT2D eigenvalue weighted by Gasteiger charge is 2.47. The maximum absolute atomic E-state index is 11.8. The number of hydrogen-bond donors (Lipinski definition) is 0. The Morgan fingerprint density at radius 3 is 2.30 bits per heavy atom. The standard InChI is InChI=1S/C20H24N2O7S/c1-10-21-17-14(22(10)5)7-6-8-15(17)29-20-19(28-13(4)25)18(27-12(3)24)16(9-30-20)26-11(2)23/h6-8,16,18-20H,9H2,1-5H3/t16-,18+,19-,20-/m1/s1. The Morgan fingerprint density at radius 2 is 1.67 bits per heavy atom. The first kappa shape index (κ1) is 21.9. The lowest BCUT2D eigenvalue weighted by molar-refractivity contribution is -0.186. The van der Waals surface area contributed by atoms with Crippen LogP contribution in [-0.4, -0.2) is 57.0 Å². The minimum atomic E-state index is -0.994. The quantitative estimate of drug-likeness (QED) is 0.515. The lowest BCUT2D eigenvalue weighted by atomic mass is 10.1. The number of esters is 3. The first-order valence-electron chi connectivity index (χ1n) is 9.39. The third-order valence-corrected chi connectivity index (χ3v) is 5.86. The van der Waals surface area contributed by atoms with Crippen molar-refractivity contribution in [1.82, 2.24) is 9.55 Å². The van der Waals surface area contributed by atoms with Gasteiger partial charge < -0.3 is 23.5 Å². The van der Waals surface area contributed by atoms with Crippen molar-refractivity contribution in [1.29, 1.82) is 0 Å². The molecule has 1 saturated heterocycles. The molecule has 1 aromatic heterocycles. The van der Waals surface area contributed by atoms with Crippen molar-refractivity contribution in [2.75, 3.05) is 5.75 Å². The lowest BCUT2D eigenvalue weighted by Crippen LogP contribution is -2.55. The molecule has 10 heteroatoms. The van der Waals surface area contributed by atoms with Crippen LogP contribution in [0.3, 0.4) is 0 Å². The molecule has 0 spiro atoms.